The number of amides is 1. The van der Waals surface area contributed by atoms with Crippen LogP contribution in [0, 0.1) is 22.0 Å². The van der Waals surface area contributed by atoms with E-state index in [0.717, 1.165) is 12.8 Å². The molecule has 1 unspecified atom stereocenters. The maximum absolute atomic E-state index is 12.3. The molecule has 1 N–H and O–H groups in total. The van der Waals surface area contributed by atoms with Crippen molar-refractivity contribution in [3.8, 4) is 0 Å². The van der Waals surface area contributed by atoms with Crippen molar-refractivity contribution >= 4 is 17.3 Å². The van der Waals surface area contributed by atoms with Crippen LogP contribution >= 0.6 is 0 Å². The predicted molar refractivity (Wildman–Crippen MR) is 88.4 cm³/mol. The fraction of sp³-hybridized carbons (Fsp3) is 0.588. The van der Waals surface area contributed by atoms with E-state index in [2.05, 4.69) is 12.2 Å². The molecule has 2 aliphatic rings. The van der Waals surface area contributed by atoms with Gasteiger partial charge in [-0.15, -0.1) is 0 Å². The summed E-state index contributed by atoms with van der Waals surface area (Å²) < 4.78 is 0. The number of piperidine rings is 1. The normalized spacial score (nSPS) is 20.1. The molecule has 1 saturated heterocycles. The average molecular weight is 317 g/mol. The fourth-order valence-corrected chi connectivity index (χ4v) is 3.32. The minimum Gasteiger partial charge on any atom is -0.366 e. The lowest BCUT2D eigenvalue weighted by Crippen LogP contribution is -2.43. The topological polar surface area (TPSA) is 75.5 Å². The summed E-state index contributed by atoms with van der Waals surface area (Å²) in [5.41, 5.74) is 0.792. The number of nitro benzene ring substituents is 1. The van der Waals surface area contributed by atoms with Gasteiger partial charge in [-0.05, 0) is 44.6 Å². The van der Waals surface area contributed by atoms with Gasteiger partial charge >= 0.3 is 0 Å². The number of nitro groups is 1. The van der Waals surface area contributed by atoms with Crippen molar-refractivity contribution in [1.82, 2.24) is 5.32 Å². The van der Waals surface area contributed by atoms with Crippen molar-refractivity contribution in [2.24, 2.45) is 11.8 Å². The lowest BCUT2D eigenvalue weighted by molar-refractivity contribution is -0.384. The molecule has 6 nitrogen and oxygen atoms in total. The standard InChI is InChI=1S/C17H23N3O3/c1-12(13-6-7-13)18-17(21)14-8-10-19(11-9-14)15-4-2-3-5-16(15)20(22)23/h2-5,12-14H,6-11H2,1H3,(H,18,21). The summed E-state index contributed by atoms with van der Waals surface area (Å²) in [6, 6.07) is 7.09. The van der Waals surface area contributed by atoms with Crippen LogP contribution in [0.15, 0.2) is 24.3 Å². The van der Waals surface area contributed by atoms with Gasteiger partial charge in [0.2, 0.25) is 5.91 Å². The smallest absolute Gasteiger partial charge is 0.292 e. The molecule has 1 atom stereocenters. The number of carbonyl (C=O) groups is 1. The number of carbonyl (C=O) groups excluding carboxylic acids is 1. The molecule has 1 aliphatic carbocycles. The van der Waals surface area contributed by atoms with Crippen molar-refractivity contribution in [2.75, 3.05) is 18.0 Å². The van der Waals surface area contributed by atoms with Crippen LogP contribution in [-0.4, -0.2) is 30.0 Å². The monoisotopic (exact) mass is 317 g/mol. The Kier molecular flexibility index (Phi) is 4.50. The third-order valence-electron chi connectivity index (χ3n) is 4.98. The summed E-state index contributed by atoms with van der Waals surface area (Å²) in [5, 5.41) is 14.3. The maximum Gasteiger partial charge on any atom is 0.292 e. The summed E-state index contributed by atoms with van der Waals surface area (Å²) in [6.07, 6.45) is 3.93. The molecule has 1 saturated carbocycles. The summed E-state index contributed by atoms with van der Waals surface area (Å²) in [6.45, 7) is 3.44. The lowest BCUT2D eigenvalue weighted by atomic mass is 9.95. The van der Waals surface area contributed by atoms with E-state index in [1.165, 1.54) is 18.9 Å². The zero-order valence-electron chi connectivity index (χ0n) is 13.4. The van der Waals surface area contributed by atoms with E-state index in [1.54, 1.807) is 12.1 Å². The number of rotatable bonds is 5. The van der Waals surface area contributed by atoms with E-state index in [1.807, 2.05) is 11.0 Å². The highest BCUT2D eigenvalue weighted by Gasteiger charge is 2.32. The van der Waals surface area contributed by atoms with Crippen molar-refractivity contribution in [1.29, 1.82) is 0 Å². The van der Waals surface area contributed by atoms with Crippen LogP contribution in [0.2, 0.25) is 0 Å². The van der Waals surface area contributed by atoms with Crippen LogP contribution < -0.4 is 10.2 Å². The molecular formula is C17H23N3O3. The van der Waals surface area contributed by atoms with Crippen molar-refractivity contribution in [3.63, 3.8) is 0 Å². The summed E-state index contributed by atoms with van der Waals surface area (Å²) >= 11 is 0. The van der Waals surface area contributed by atoms with Crippen LogP contribution in [0.5, 0.6) is 0 Å². The molecule has 0 aromatic heterocycles. The maximum atomic E-state index is 12.3. The van der Waals surface area contributed by atoms with E-state index in [-0.39, 0.29) is 28.5 Å². The van der Waals surface area contributed by atoms with Gasteiger partial charge in [0.25, 0.3) is 5.69 Å². The summed E-state index contributed by atoms with van der Waals surface area (Å²) in [4.78, 5) is 25.1. The Morgan fingerprint density at radius 2 is 1.91 bits per heavy atom. The number of benzene rings is 1. The van der Waals surface area contributed by atoms with E-state index in [9.17, 15) is 14.9 Å². The van der Waals surface area contributed by atoms with Crippen LogP contribution in [0.4, 0.5) is 11.4 Å². The summed E-state index contributed by atoms with van der Waals surface area (Å²) in [5.74, 6) is 0.827. The number of anilines is 1. The first kappa shape index (κ1) is 15.8. The molecule has 1 aromatic carbocycles. The Balaban J connectivity index is 1.58. The Labute approximate surface area is 136 Å². The second-order valence-corrected chi connectivity index (χ2v) is 6.64. The molecule has 1 aromatic rings. The SMILES string of the molecule is CC(NC(=O)C1CCN(c2ccccc2[N+](=O)[O-])CC1)C1CC1. The molecular weight excluding hydrogens is 294 g/mol. The minimum atomic E-state index is -0.342. The van der Waals surface area contributed by atoms with Crippen LogP contribution in [-0.2, 0) is 4.79 Å². The molecule has 1 heterocycles. The zero-order valence-corrected chi connectivity index (χ0v) is 13.4. The van der Waals surface area contributed by atoms with Gasteiger partial charge in [0.05, 0.1) is 4.92 Å². The third kappa shape index (κ3) is 3.63. The Morgan fingerprint density at radius 3 is 2.52 bits per heavy atom. The number of para-hydroxylation sites is 2. The molecule has 23 heavy (non-hydrogen) atoms. The van der Waals surface area contributed by atoms with Gasteiger partial charge in [-0.3, -0.25) is 14.9 Å². The van der Waals surface area contributed by atoms with Crippen LogP contribution in [0.3, 0.4) is 0 Å². The number of nitrogens with one attached hydrogen (secondary N) is 1. The van der Waals surface area contributed by atoms with Crippen molar-refractivity contribution in [2.45, 2.75) is 38.6 Å². The highest BCUT2D eigenvalue weighted by molar-refractivity contribution is 5.79. The molecule has 0 bridgehead atoms. The number of nitrogens with zero attached hydrogens (tertiary/aromatic N) is 2. The van der Waals surface area contributed by atoms with Gasteiger partial charge in [0, 0.05) is 31.1 Å². The third-order valence-corrected chi connectivity index (χ3v) is 4.98. The Bertz CT molecular complexity index is 593. The molecule has 2 fully saturated rings. The molecule has 124 valence electrons. The first-order chi connectivity index (χ1) is 11.1. The van der Waals surface area contributed by atoms with E-state index < -0.39 is 0 Å². The second-order valence-electron chi connectivity index (χ2n) is 6.64. The quantitative estimate of drug-likeness (QED) is 0.669. The van der Waals surface area contributed by atoms with Crippen LogP contribution in [0.1, 0.15) is 32.6 Å². The highest BCUT2D eigenvalue weighted by atomic mass is 16.6. The van der Waals surface area contributed by atoms with Gasteiger partial charge in [0.15, 0.2) is 0 Å². The van der Waals surface area contributed by atoms with Gasteiger partial charge in [-0.25, -0.2) is 0 Å². The van der Waals surface area contributed by atoms with Gasteiger partial charge in [0.1, 0.15) is 5.69 Å². The molecule has 1 aliphatic heterocycles. The number of hydrogen-bond donors (Lipinski definition) is 1. The Hall–Kier alpha value is -2.11. The molecule has 6 heteroatoms. The van der Waals surface area contributed by atoms with Crippen molar-refractivity contribution in [3.05, 3.63) is 34.4 Å². The lowest BCUT2D eigenvalue weighted by Gasteiger charge is -2.33. The average Bonchev–Trinajstić information content (AvgIpc) is 3.40. The van der Waals surface area contributed by atoms with Crippen molar-refractivity contribution < 1.29 is 9.72 Å². The second kappa shape index (κ2) is 6.56. The fourth-order valence-electron chi connectivity index (χ4n) is 3.32. The van der Waals surface area contributed by atoms with E-state index in [0.29, 0.717) is 24.7 Å². The Morgan fingerprint density at radius 1 is 1.26 bits per heavy atom. The number of hydrogen-bond acceptors (Lipinski definition) is 4. The molecule has 1 amide bonds. The van der Waals surface area contributed by atoms with E-state index >= 15 is 0 Å². The van der Waals surface area contributed by atoms with Gasteiger partial charge < -0.3 is 10.2 Å². The predicted octanol–water partition coefficient (Wildman–Crippen LogP) is 2.73. The highest BCUT2D eigenvalue weighted by Crippen LogP contribution is 2.33. The molecule has 3 rings (SSSR count). The zero-order chi connectivity index (χ0) is 16.4. The van der Waals surface area contributed by atoms with E-state index in [4.69, 9.17) is 0 Å². The first-order valence-corrected chi connectivity index (χ1v) is 8.35. The van der Waals surface area contributed by atoms with Gasteiger partial charge in [-0.1, -0.05) is 12.1 Å². The largest absolute Gasteiger partial charge is 0.366 e. The first-order valence-electron chi connectivity index (χ1n) is 8.35. The minimum absolute atomic E-state index is 0.0234. The molecule has 0 spiro atoms. The van der Waals surface area contributed by atoms with Gasteiger partial charge in [-0.2, -0.15) is 0 Å². The molecule has 0 radical (unpaired) electrons. The summed E-state index contributed by atoms with van der Waals surface area (Å²) in [7, 11) is 0. The van der Waals surface area contributed by atoms with Crippen LogP contribution in [0.25, 0.3) is 0 Å².